The predicted octanol–water partition coefficient (Wildman–Crippen LogP) is 3.97. The molecule has 1 unspecified atom stereocenters. The average Bonchev–Trinajstić information content (AvgIpc) is 2.37. The van der Waals surface area contributed by atoms with Gasteiger partial charge in [-0.05, 0) is 23.9 Å². The van der Waals surface area contributed by atoms with E-state index in [1.54, 1.807) is 6.92 Å². The maximum absolute atomic E-state index is 12.8. The van der Waals surface area contributed by atoms with Crippen molar-refractivity contribution in [2.45, 2.75) is 13.1 Å². The third kappa shape index (κ3) is 3.91. The number of nitro benzene ring substituents is 1. The lowest BCUT2D eigenvalue weighted by atomic mass is 10.1. The largest absolute Gasteiger partial charge is 0.443 e. The fourth-order valence-electron chi connectivity index (χ4n) is 1.35. The van der Waals surface area contributed by atoms with Gasteiger partial charge in [0, 0.05) is 19.3 Å². The Hall–Kier alpha value is -1.18. The molecule has 5 nitrogen and oxygen atoms in total. The molecule has 10 heteroatoms. The summed E-state index contributed by atoms with van der Waals surface area (Å²) in [6.07, 6.45) is -4.54. The quantitative estimate of drug-likeness (QED) is 0.465. The Morgan fingerprint density at radius 2 is 2.05 bits per heavy atom. The molecule has 0 bridgehead atoms. The molecule has 112 valence electrons. The smallest absolute Gasteiger partial charge is 0.423 e. The molecule has 0 N–H and O–H groups in total. The minimum atomic E-state index is -4.86. The minimum absolute atomic E-state index is 0.199. The van der Waals surface area contributed by atoms with Crippen molar-refractivity contribution in [2.75, 3.05) is 13.3 Å². The van der Waals surface area contributed by atoms with Crippen LogP contribution in [0.5, 0.6) is 5.75 Å². The van der Waals surface area contributed by atoms with E-state index in [-0.39, 0.29) is 5.75 Å². The summed E-state index contributed by atoms with van der Waals surface area (Å²) in [4.78, 5) is 9.51. The van der Waals surface area contributed by atoms with Crippen LogP contribution in [-0.4, -0.2) is 18.2 Å². The molecule has 1 aromatic carbocycles. The summed E-state index contributed by atoms with van der Waals surface area (Å²) in [6.45, 7) is -1.04. The molecule has 0 aliphatic heterocycles. The van der Waals surface area contributed by atoms with Gasteiger partial charge >= 0.3 is 6.18 Å². The van der Waals surface area contributed by atoms with Gasteiger partial charge in [-0.2, -0.15) is 13.2 Å². The molecule has 1 aromatic rings. The first-order valence-corrected chi connectivity index (χ1v) is 8.15. The van der Waals surface area contributed by atoms with Crippen LogP contribution in [0.25, 0.3) is 0 Å². The highest BCUT2D eigenvalue weighted by atomic mass is 32.5. The molecule has 1 atom stereocenters. The number of nitro groups is 1. The summed E-state index contributed by atoms with van der Waals surface area (Å²) < 4.78 is 48.6. The molecule has 0 aliphatic carbocycles. The zero-order chi connectivity index (χ0) is 15.6. The zero-order valence-electron chi connectivity index (χ0n) is 10.5. The van der Waals surface area contributed by atoms with Gasteiger partial charge in [-0.1, -0.05) is 6.92 Å². The Bertz CT molecular complexity index is 556. The number of hydrogen-bond donors (Lipinski definition) is 0. The van der Waals surface area contributed by atoms with E-state index in [2.05, 4.69) is 0 Å². The molecule has 0 spiro atoms. The highest BCUT2D eigenvalue weighted by Gasteiger charge is 2.39. The highest BCUT2D eigenvalue weighted by molar-refractivity contribution is 8.10. The van der Waals surface area contributed by atoms with Crippen LogP contribution in [-0.2, 0) is 22.5 Å². The van der Waals surface area contributed by atoms with Crippen molar-refractivity contribution in [2.24, 2.45) is 0 Å². The lowest BCUT2D eigenvalue weighted by Gasteiger charge is -2.20. The Kier molecular flexibility index (Phi) is 5.12. The molecule has 0 aromatic heterocycles. The molecule has 0 saturated carbocycles. The van der Waals surface area contributed by atoms with Crippen molar-refractivity contribution in [1.82, 2.24) is 0 Å². The molecular weight excluding hydrogens is 318 g/mol. The average molecular weight is 329 g/mol. The summed E-state index contributed by atoms with van der Waals surface area (Å²) in [5, 5.41) is 10.6. The van der Waals surface area contributed by atoms with Crippen LogP contribution < -0.4 is 4.52 Å². The molecule has 0 amide bonds. The second-order valence-corrected chi connectivity index (χ2v) is 7.71. The van der Waals surface area contributed by atoms with Crippen LogP contribution in [0.15, 0.2) is 18.2 Å². The van der Waals surface area contributed by atoms with Crippen LogP contribution in [0.2, 0.25) is 0 Å². The van der Waals surface area contributed by atoms with Gasteiger partial charge in [-0.15, -0.1) is 0 Å². The van der Waals surface area contributed by atoms with E-state index in [4.69, 9.17) is 20.9 Å². The van der Waals surface area contributed by atoms with Gasteiger partial charge in [-0.25, -0.2) is 0 Å². The van der Waals surface area contributed by atoms with Gasteiger partial charge in [-0.3, -0.25) is 10.1 Å². The van der Waals surface area contributed by atoms with E-state index in [0.717, 1.165) is 12.1 Å². The first kappa shape index (κ1) is 16.9. The van der Waals surface area contributed by atoms with Crippen LogP contribution in [0.4, 0.5) is 18.9 Å². The molecule has 0 heterocycles. The van der Waals surface area contributed by atoms with Crippen LogP contribution in [0.1, 0.15) is 12.5 Å². The van der Waals surface area contributed by atoms with Crippen LogP contribution >= 0.6 is 6.49 Å². The van der Waals surface area contributed by atoms with Crippen molar-refractivity contribution in [3.8, 4) is 5.75 Å². The Morgan fingerprint density at radius 1 is 1.45 bits per heavy atom. The van der Waals surface area contributed by atoms with Gasteiger partial charge in [0.15, 0.2) is 0 Å². The number of hydrogen-bond acceptors (Lipinski definition) is 5. The number of halogens is 3. The van der Waals surface area contributed by atoms with E-state index >= 15 is 0 Å². The summed E-state index contributed by atoms with van der Waals surface area (Å²) >= 11 is 5.06. The monoisotopic (exact) mass is 329 g/mol. The van der Waals surface area contributed by atoms with Crippen molar-refractivity contribution in [3.63, 3.8) is 0 Å². The third-order valence-corrected chi connectivity index (χ3v) is 5.65. The van der Waals surface area contributed by atoms with Gasteiger partial charge in [0.2, 0.25) is 6.49 Å². The molecule has 1 rings (SSSR count). The maximum Gasteiger partial charge on any atom is 0.423 e. The molecule has 0 aliphatic rings. The van der Waals surface area contributed by atoms with Crippen LogP contribution in [0.3, 0.4) is 0 Å². The summed E-state index contributed by atoms with van der Waals surface area (Å²) in [7, 11) is 1.31. The lowest BCUT2D eigenvalue weighted by molar-refractivity contribution is -0.388. The number of benzene rings is 1. The van der Waals surface area contributed by atoms with Gasteiger partial charge in [0.25, 0.3) is 5.69 Å². The standard InChI is InChI=1S/C10H11F3NO4PS/c1-3-19(20,17-2)18-7-4-5-9(14(15)16)8(6-7)10(11,12)13/h4-6H,3H2,1-2H3. The van der Waals surface area contributed by atoms with E-state index in [1.165, 1.54) is 7.11 Å². The van der Waals surface area contributed by atoms with Crippen molar-refractivity contribution in [3.05, 3.63) is 33.9 Å². The lowest BCUT2D eigenvalue weighted by Crippen LogP contribution is -2.09. The Labute approximate surface area is 118 Å². The molecular formula is C10H11F3NO4PS. The van der Waals surface area contributed by atoms with Gasteiger partial charge in [0.1, 0.15) is 11.3 Å². The Morgan fingerprint density at radius 3 is 2.45 bits per heavy atom. The molecule has 0 fully saturated rings. The van der Waals surface area contributed by atoms with Crippen molar-refractivity contribution >= 4 is 24.0 Å². The third-order valence-electron chi connectivity index (χ3n) is 2.38. The number of nitrogens with zero attached hydrogens (tertiary/aromatic N) is 1. The van der Waals surface area contributed by atoms with E-state index in [9.17, 15) is 23.3 Å². The zero-order valence-corrected chi connectivity index (χ0v) is 12.2. The number of rotatable bonds is 5. The first-order valence-electron chi connectivity index (χ1n) is 5.33. The fraction of sp³-hybridized carbons (Fsp3) is 0.400. The molecule has 20 heavy (non-hydrogen) atoms. The van der Waals surface area contributed by atoms with E-state index in [1.807, 2.05) is 0 Å². The predicted molar refractivity (Wildman–Crippen MR) is 70.6 cm³/mol. The van der Waals surface area contributed by atoms with Crippen molar-refractivity contribution in [1.29, 1.82) is 0 Å². The minimum Gasteiger partial charge on any atom is -0.443 e. The second-order valence-electron chi connectivity index (χ2n) is 3.63. The Balaban J connectivity index is 3.27. The molecule has 0 radical (unpaired) electrons. The summed E-state index contributed by atoms with van der Waals surface area (Å²) in [5.41, 5.74) is -2.42. The van der Waals surface area contributed by atoms with E-state index < -0.39 is 28.8 Å². The normalized spacial score (nSPS) is 14.7. The molecule has 0 saturated heterocycles. The first-order chi connectivity index (χ1) is 9.13. The topological polar surface area (TPSA) is 61.6 Å². The number of alkyl halides is 3. The van der Waals surface area contributed by atoms with Crippen molar-refractivity contribution < 1.29 is 27.1 Å². The second kappa shape index (κ2) is 6.07. The highest BCUT2D eigenvalue weighted by Crippen LogP contribution is 2.48. The summed E-state index contributed by atoms with van der Waals surface area (Å²) in [5.74, 6) is -0.199. The van der Waals surface area contributed by atoms with Gasteiger partial charge < -0.3 is 9.05 Å². The SMILES string of the molecule is CCP(=S)(OC)Oc1ccc([N+](=O)[O-])c(C(F)(F)F)c1. The fourth-order valence-corrected chi connectivity index (χ4v) is 2.50. The van der Waals surface area contributed by atoms with E-state index in [0.29, 0.717) is 12.2 Å². The maximum atomic E-state index is 12.8. The summed E-state index contributed by atoms with van der Waals surface area (Å²) in [6, 6.07) is 2.38. The van der Waals surface area contributed by atoms with Gasteiger partial charge in [0.05, 0.1) is 4.92 Å². The van der Waals surface area contributed by atoms with Crippen LogP contribution in [0, 0.1) is 10.1 Å².